The molecule has 1 N–H and O–H groups in total. The second kappa shape index (κ2) is 6.12. The molecule has 2 aromatic carbocycles. The monoisotopic (exact) mass is 307 g/mol. The average Bonchev–Trinajstić information content (AvgIpc) is 2.38. The first-order chi connectivity index (χ1) is 8.72. The van der Waals surface area contributed by atoms with Crippen LogP contribution in [-0.2, 0) is 6.42 Å². The van der Waals surface area contributed by atoms with Crippen LogP contribution in [0.1, 0.15) is 17.2 Å². The highest BCUT2D eigenvalue weighted by atomic mass is 79.9. The normalized spacial score (nSPS) is 12.4. The third-order valence-corrected chi connectivity index (χ3v) is 3.67. The fourth-order valence-corrected chi connectivity index (χ4v) is 2.66. The Kier molecular flexibility index (Phi) is 4.50. The largest absolute Gasteiger partial charge is 0.313 e. The van der Waals surface area contributed by atoms with E-state index >= 15 is 0 Å². The molecule has 0 heterocycles. The van der Waals surface area contributed by atoms with Crippen molar-refractivity contribution >= 4 is 15.9 Å². The van der Waals surface area contributed by atoms with Crippen molar-refractivity contribution in [3.8, 4) is 0 Å². The summed E-state index contributed by atoms with van der Waals surface area (Å²) in [5, 5.41) is 3.18. The molecule has 1 unspecified atom stereocenters. The van der Waals surface area contributed by atoms with Gasteiger partial charge in [-0.25, -0.2) is 4.39 Å². The summed E-state index contributed by atoms with van der Waals surface area (Å²) < 4.78 is 14.7. The van der Waals surface area contributed by atoms with Gasteiger partial charge in [0, 0.05) is 16.1 Å². The quantitative estimate of drug-likeness (QED) is 0.897. The Labute approximate surface area is 115 Å². The Bertz CT molecular complexity index is 493. The van der Waals surface area contributed by atoms with E-state index in [1.54, 1.807) is 6.07 Å². The van der Waals surface area contributed by atoms with Gasteiger partial charge in [0.05, 0.1) is 0 Å². The molecule has 0 aliphatic heterocycles. The summed E-state index contributed by atoms with van der Waals surface area (Å²) in [4.78, 5) is 0. The first-order valence-electron chi connectivity index (χ1n) is 5.87. The van der Waals surface area contributed by atoms with Crippen molar-refractivity contribution in [3.63, 3.8) is 0 Å². The van der Waals surface area contributed by atoms with Crippen LogP contribution in [0.2, 0.25) is 0 Å². The lowest BCUT2D eigenvalue weighted by Gasteiger charge is -2.19. The van der Waals surface area contributed by atoms with Gasteiger partial charge in [-0.05, 0) is 31.2 Å². The average molecular weight is 308 g/mol. The fourth-order valence-electron chi connectivity index (χ4n) is 2.04. The van der Waals surface area contributed by atoms with E-state index in [-0.39, 0.29) is 11.9 Å². The molecule has 0 fully saturated rings. The molecule has 1 atom stereocenters. The summed E-state index contributed by atoms with van der Waals surface area (Å²) in [6.07, 6.45) is 0.761. The molecular weight excluding hydrogens is 293 g/mol. The fraction of sp³-hybridized carbons (Fsp3) is 0.200. The van der Waals surface area contributed by atoms with Crippen LogP contribution < -0.4 is 5.32 Å². The first kappa shape index (κ1) is 13.2. The summed E-state index contributed by atoms with van der Waals surface area (Å²) in [5.74, 6) is -0.181. The van der Waals surface area contributed by atoms with Crippen LogP contribution in [0.15, 0.2) is 53.0 Å². The van der Waals surface area contributed by atoms with Gasteiger partial charge in [0.1, 0.15) is 5.82 Å². The number of hydrogen-bond donors (Lipinski definition) is 1. The van der Waals surface area contributed by atoms with Gasteiger partial charge in [-0.3, -0.25) is 0 Å². The van der Waals surface area contributed by atoms with E-state index in [1.807, 2.05) is 31.3 Å². The summed E-state index contributed by atoms with van der Waals surface area (Å²) in [6, 6.07) is 15.1. The molecule has 0 radical (unpaired) electrons. The SMILES string of the molecule is CNC(Cc1ccccc1)c1c(F)cccc1Br. The van der Waals surface area contributed by atoms with Gasteiger partial charge < -0.3 is 5.32 Å². The highest BCUT2D eigenvalue weighted by Gasteiger charge is 2.17. The van der Waals surface area contributed by atoms with Crippen LogP contribution in [0.4, 0.5) is 4.39 Å². The maximum atomic E-state index is 13.9. The molecule has 18 heavy (non-hydrogen) atoms. The van der Waals surface area contributed by atoms with Crippen molar-refractivity contribution in [1.82, 2.24) is 5.32 Å². The standard InChI is InChI=1S/C15H15BrFN/c1-18-14(10-11-6-3-2-4-7-11)15-12(16)8-5-9-13(15)17/h2-9,14,18H,10H2,1H3. The van der Waals surface area contributed by atoms with Gasteiger partial charge >= 0.3 is 0 Å². The zero-order valence-corrected chi connectivity index (χ0v) is 11.7. The molecular formula is C15H15BrFN. The van der Waals surface area contributed by atoms with Crippen molar-refractivity contribution in [2.24, 2.45) is 0 Å². The molecule has 0 saturated carbocycles. The van der Waals surface area contributed by atoms with E-state index in [4.69, 9.17) is 0 Å². The zero-order chi connectivity index (χ0) is 13.0. The third kappa shape index (κ3) is 2.98. The number of hydrogen-bond acceptors (Lipinski definition) is 1. The zero-order valence-electron chi connectivity index (χ0n) is 10.2. The summed E-state index contributed by atoms with van der Waals surface area (Å²) in [5.41, 5.74) is 1.87. The third-order valence-electron chi connectivity index (χ3n) is 2.98. The van der Waals surface area contributed by atoms with E-state index < -0.39 is 0 Å². The van der Waals surface area contributed by atoms with Gasteiger partial charge in [0.2, 0.25) is 0 Å². The number of nitrogens with one attached hydrogen (secondary N) is 1. The number of rotatable bonds is 4. The van der Waals surface area contributed by atoms with Gasteiger partial charge in [-0.15, -0.1) is 0 Å². The lowest BCUT2D eigenvalue weighted by molar-refractivity contribution is 0.531. The van der Waals surface area contributed by atoms with E-state index in [0.717, 1.165) is 10.9 Å². The van der Waals surface area contributed by atoms with E-state index in [0.29, 0.717) is 5.56 Å². The second-order valence-corrected chi connectivity index (χ2v) is 5.02. The molecule has 0 aromatic heterocycles. The maximum Gasteiger partial charge on any atom is 0.129 e. The Morgan fingerprint density at radius 1 is 1.11 bits per heavy atom. The summed E-state index contributed by atoms with van der Waals surface area (Å²) >= 11 is 3.42. The van der Waals surface area contributed by atoms with Gasteiger partial charge in [-0.1, -0.05) is 52.3 Å². The highest BCUT2D eigenvalue weighted by molar-refractivity contribution is 9.10. The Morgan fingerprint density at radius 3 is 2.44 bits per heavy atom. The minimum Gasteiger partial charge on any atom is -0.313 e. The Balaban J connectivity index is 2.29. The van der Waals surface area contributed by atoms with Gasteiger partial charge in [-0.2, -0.15) is 0 Å². The molecule has 0 amide bonds. The minimum atomic E-state index is -0.181. The van der Waals surface area contributed by atoms with Crippen LogP contribution in [-0.4, -0.2) is 7.05 Å². The molecule has 3 heteroatoms. The number of halogens is 2. The van der Waals surface area contributed by atoms with E-state index in [9.17, 15) is 4.39 Å². The number of benzene rings is 2. The lowest BCUT2D eigenvalue weighted by atomic mass is 9.98. The van der Waals surface area contributed by atoms with Gasteiger partial charge in [0.25, 0.3) is 0 Å². The summed E-state index contributed by atoms with van der Waals surface area (Å²) in [7, 11) is 1.85. The highest BCUT2D eigenvalue weighted by Crippen LogP contribution is 2.28. The molecule has 94 valence electrons. The van der Waals surface area contributed by atoms with Crippen molar-refractivity contribution in [2.75, 3.05) is 7.05 Å². The maximum absolute atomic E-state index is 13.9. The van der Waals surface area contributed by atoms with E-state index in [2.05, 4.69) is 33.4 Å². The predicted molar refractivity (Wildman–Crippen MR) is 76.0 cm³/mol. The molecule has 0 aliphatic carbocycles. The molecule has 0 bridgehead atoms. The molecule has 0 saturated heterocycles. The van der Waals surface area contributed by atoms with Crippen LogP contribution in [0, 0.1) is 5.82 Å². The van der Waals surface area contributed by atoms with Crippen molar-refractivity contribution in [2.45, 2.75) is 12.5 Å². The molecule has 1 nitrogen and oxygen atoms in total. The topological polar surface area (TPSA) is 12.0 Å². The van der Waals surface area contributed by atoms with Crippen molar-refractivity contribution < 1.29 is 4.39 Å². The predicted octanol–water partition coefficient (Wildman–Crippen LogP) is 4.09. The second-order valence-electron chi connectivity index (χ2n) is 4.17. The van der Waals surface area contributed by atoms with Gasteiger partial charge in [0.15, 0.2) is 0 Å². The molecule has 2 aromatic rings. The summed E-state index contributed by atoms with van der Waals surface area (Å²) in [6.45, 7) is 0. The molecule has 2 rings (SSSR count). The first-order valence-corrected chi connectivity index (χ1v) is 6.66. The van der Waals surface area contributed by atoms with Crippen LogP contribution >= 0.6 is 15.9 Å². The minimum absolute atomic E-state index is 0.0389. The van der Waals surface area contributed by atoms with Crippen molar-refractivity contribution in [3.05, 3.63) is 69.9 Å². The Hall–Kier alpha value is -1.19. The number of likely N-dealkylation sites (N-methyl/N-ethyl adjacent to an activating group) is 1. The molecule has 0 aliphatic rings. The lowest BCUT2D eigenvalue weighted by Crippen LogP contribution is -2.20. The molecule has 0 spiro atoms. The van der Waals surface area contributed by atoms with Crippen LogP contribution in [0.5, 0.6) is 0 Å². The van der Waals surface area contributed by atoms with Crippen LogP contribution in [0.3, 0.4) is 0 Å². The van der Waals surface area contributed by atoms with E-state index in [1.165, 1.54) is 11.6 Å². The Morgan fingerprint density at radius 2 is 1.83 bits per heavy atom. The van der Waals surface area contributed by atoms with Crippen molar-refractivity contribution in [1.29, 1.82) is 0 Å². The smallest absolute Gasteiger partial charge is 0.129 e. The van der Waals surface area contributed by atoms with Crippen LogP contribution in [0.25, 0.3) is 0 Å².